The lowest BCUT2D eigenvalue weighted by atomic mass is 9.96. The molecule has 0 radical (unpaired) electrons. The maximum Gasteiger partial charge on any atom is 0.329 e. The van der Waals surface area contributed by atoms with E-state index < -0.39 is 23.5 Å². The molecule has 0 N–H and O–H groups in total. The summed E-state index contributed by atoms with van der Waals surface area (Å²) in [6, 6.07) is 11.3. The summed E-state index contributed by atoms with van der Waals surface area (Å²) in [5, 5.41) is 0.666. The summed E-state index contributed by atoms with van der Waals surface area (Å²) in [6.07, 6.45) is 4.01. The fraction of sp³-hybridized carbons (Fsp3) is 0.105. The number of carbonyl (C=O) groups excluding carboxylic acids is 3. The summed E-state index contributed by atoms with van der Waals surface area (Å²) in [7, 11) is 0. The monoisotopic (exact) mass is 372 g/mol. The third kappa shape index (κ3) is 3.95. The van der Waals surface area contributed by atoms with Crippen LogP contribution < -0.4 is 0 Å². The van der Waals surface area contributed by atoms with Crippen molar-refractivity contribution in [1.29, 1.82) is 0 Å². The summed E-state index contributed by atoms with van der Waals surface area (Å²) < 4.78 is 4.85. The summed E-state index contributed by atoms with van der Waals surface area (Å²) in [6.45, 7) is 1.50. The predicted molar refractivity (Wildman–Crippen MR) is 97.2 cm³/mol. The van der Waals surface area contributed by atoms with Crippen molar-refractivity contribution in [2.75, 3.05) is 0 Å². The van der Waals surface area contributed by atoms with Gasteiger partial charge in [-0.15, -0.1) is 11.3 Å². The molecule has 0 saturated heterocycles. The van der Waals surface area contributed by atoms with Crippen LogP contribution in [0.3, 0.4) is 0 Å². The number of ether oxygens (including phenoxy) is 1. The van der Waals surface area contributed by atoms with Crippen LogP contribution in [0.25, 0.3) is 16.5 Å². The highest BCUT2D eigenvalue weighted by atomic mass is 35.5. The standard InChI is InChI=1S/C19H13ClO4S/c1-11-10-16(22)18(19(23)24-11)15(21)8-6-14-7-9-17(25-14)12-2-4-13(20)5-3-12/h2-10,18H,1H3/b8-6+. The van der Waals surface area contributed by atoms with Gasteiger partial charge in [-0.25, -0.2) is 0 Å². The summed E-state index contributed by atoms with van der Waals surface area (Å²) >= 11 is 7.37. The van der Waals surface area contributed by atoms with Crippen LogP contribution in [0.15, 0.2) is 54.3 Å². The molecule has 0 spiro atoms. The van der Waals surface area contributed by atoms with Gasteiger partial charge in [-0.05, 0) is 48.9 Å². The van der Waals surface area contributed by atoms with Gasteiger partial charge in [0.1, 0.15) is 5.76 Å². The number of halogens is 1. The number of hydrogen-bond acceptors (Lipinski definition) is 5. The molecule has 4 nitrogen and oxygen atoms in total. The smallest absolute Gasteiger partial charge is 0.329 e. The number of ketones is 2. The lowest BCUT2D eigenvalue weighted by molar-refractivity contribution is -0.151. The minimum absolute atomic E-state index is 0.203. The Morgan fingerprint density at radius 1 is 1.16 bits per heavy atom. The van der Waals surface area contributed by atoms with Crippen molar-refractivity contribution in [3.8, 4) is 10.4 Å². The topological polar surface area (TPSA) is 60.4 Å². The van der Waals surface area contributed by atoms with Gasteiger partial charge >= 0.3 is 5.97 Å². The zero-order chi connectivity index (χ0) is 18.0. The van der Waals surface area contributed by atoms with Crippen LogP contribution in [0.1, 0.15) is 11.8 Å². The number of rotatable bonds is 4. The summed E-state index contributed by atoms with van der Waals surface area (Å²) in [4.78, 5) is 37.6. The first kappa shape index (κ1) is 17.3. The SMILES string of the molecule is CC1=CC(=O)C(C(=O)/C=C/c2ccc(-c3ccc(Cl)cc3)s2)C(=O)O1. The van der Waals surface area contributed by atoms with Crippen molar-refractivity contribution in [3.63, 3.8) is 0 Å². The molecule has 0 bridgehead atoms. The van der Waals surface area contributed by atoms with Crippen molar-refractivity contribution < 1.29 is 19.1 Å². The van der Waals surface area contributed by atoms with E-state index in [-0.39, 0.29) is 5.76 Å². The van der Waals surface area contributed by atoms with Crippen LogP contribution in [0.4, 0.5) is 0 Å². The molecule has 2 aromatic rings. The molecule has 1 aromatic carbocycles. The van der Waals surface area contributed by atoms with Gasteiger partial charge in [0.05, 0.1) is 0 Å². The molecule has 1 aliphatic rings. The second-order valence-corrected chi connectivity index (χ2v) is 7.01. The molecule has 0 aliphatic carbocycles. The molecule has 0 fully saturated rings. The molecule has 6 heteroatoms. The molecule has 1 atom stereocenters. The summed E-state index contributed by atoms with van der Waals surface area (Å²) in [5.74, 6) is -3.16. The number of allylic oxidation sites excluding steroid dienone is 3. The van der Waals surface area contributed by atoms with E-state index in [4.69, 9.17) is 16.3 Å². The second-order valence-electron chi connectivity index (χ2n) is 5.46. The Morgan fingerprint density at radius 2 is 1.88 bits per heavy atom. The van der Waals surface area contributed by atoms with Crippen molar-refractivity contribution in [3.05, 3.63) is 64.2 Å². The number of carbonyl (C=O) groups is 3. The minimum atomic E-state index is -1.41. The first-order valence-corrected chi connectivity index (χ1v) is 8.65. The maximum absolute atomic E-state index is 12.2. The molecule has 0 saturated carbocycles. The van der Waals surface area contributed by atoms with Gasteiger partial charge in [0.25, 0.3) is 0 Å². The number of benzene rings is 1. The minimum Gasteiger partial charge on any atom is -0.430 e. The van der Waals surface area contributed by atoms with Crippen molar-refractivity contribution in [1.82, 2.24) is 0 Å². The Balaban J connectivity index is 1.74. The molecule has 1 aromatic heterocycles. The van der Waals surface area contributed by atoms with Crippen LogP contribution in [-0.4, -0.2) is 17.5 Å². The summed E-state index contributed by atoms with van der Waals surface area (Å²) in [5.41, 5.74) is 1.02. The Bertz CT molecular complexity index is 906. The highest BCUT2D eigenvalue weighted by Gasteiger charge is 2.36. The molecule has 1 unspecified atom stereocenters. The molecule has 1 aliphatic heterocycles. The number of cyclic esters (lactones) is 1. The van der Waals surface area contributed by atoms with Gasteiger partial charge in [-0.2, -0.15) is 0 Å². The Hall–Kier alpha value is -2.50. The lowest BCUT2D eigenvalue weighted by Gasteiger charge is -2.15. The Labute approximate surface area is 153 Å². The van der Waals surface area contributed by atoms with E-state index in [1.807, 2.05) is 36.4 Å². The average molecular weight is 373 g/mol. The van der Waals surface area contributed by atoms with Crippen molar-refractivity contribution in [2.24, 2.45) is 5.92 Å². The maximum atomic E-state index is 12.2. The fourth-order valence-electron chi connectivity index (χ4n) is 2.38. The van der Waals surface area contributed by atoms with Gasteiger partial charge in [0.15, 0.2) is 17.5 Å². The van der Waals surface area contributed by atoms with E-state index in [9.17, 15) is 14.4 Å². The number of esters is 1. The van der Waals surface area contributed by atoms with E-state index in [1.165, 1.54) is 30.4 Å². The molecule has 3 rings (SSSR count). The Kier molecular flexibility index (Phi) is 4.97. The van der Waals surface area contributed by atoms with Gasteiger partial charge < -0.3 is 4.74 Å². The Morgan fingerprint density at radius 3 is 2.56 bits per heavy atom. The molecule has 2 heterocycles. The zero-order valence-corrected chi connectivity index (χ0v) is 14.8. The van der Waals surface area contributed by atoms with Gasteiger partial charge in [0, 0.05) is 20.9 Å². The van der Waals surface area contributed by atoms with Gasteiger partial charge in [-0.1, -0.05) is 23.7 Å². The van der Waals surface area contributed by atoms with Gasteiger partial charge in [-0.3, -0.25) is 14.4 Å². The molecular formula is C19H13ClO4S. The van der Waals surface area contributed by atoms with Crippen LogP contribution in [-0.2, 0) is 19.1 Å². The number of thiophene rings is 1. The largest absolute Gasteiger partial charge is 0.430 e. The van der Waals surface area contributed by atoms with Crippen LogP contribution in [0.5, 0.6) is 0 Å². The lowest BCUT2D eigenvalue weighted by Crippen LogP contribution is -2.34. The molecule has 0 amide bonds. The van der Waals surface area contributed by atoms with Crippen molar-refractivity contribution in [2.45, 2.75) is 6.92 Å². The zero-order valence-electron chi connectivity index (χ0n) is 13.2. The van der Waals surface area contributed by atoms with E-state index >= 15 is 0 Å². The average Bonchev–Trinajstić information content (AvgIpc) is 3.01. The highest BCUT2D eigenvalue weighted by molar-refractivity contribution is 7.16. The van der Waals surface area contributed by atoms with Gasteiger partial charge in [0.2, 0.25) is 0 Å². The van der Waals surface area contributed by atoms with E-state index in [1.54, 1.807) is 6.08 Å². The fourth-order valence-corrected chi connectivity index (χ4v) is 3.42. The second kappa shape index (κ2) is 7.17. The third-order valence-corrected chi connectivity index (χ3v) is 4.93. The molecule has 126 valence electrons. The first-order chi connectivity index (χ1) is 11.9. The molecule has 25 heavy (non-hydrogen) atoms. The van der Waals surface area contributed by atoms with Crippen LogP contribution in [0, 0.1) is 5.92 Å². The van der Waals surface area contributed by atoms with E-state index in [0.717, 1.165) is 15.3 Å². The quantitative estimate of drug-likeness (QED) is 0.456. The molecular weight excluding hydrogens is 360 g/mol. The number of hydrogen-bond donors (Lipinski definition) is 0. The highest BCUT2D eigenvalue weighted by Crippen LogP contribution is 2.29. The van der Waals surface area contributed by atoms with E-state index in [0.29, 0.717) is 5.02 Å². The van der Waals surface area contributed by atoms with Crippen LogP contribution in [0.2, 0.25) is 5.02 Å². The van der Waals surface area contributed by atoms with Crippen LogP contribution >= 0.6 is 22.9 Å². The normalized spacial score (nSPS) is 17.5. The van der Waals surface area contributed by atoms with E-state index in [2.05, 4.69) is 0 Å². The predicted octanol–water partition coefficient (Wildman–Crippen LogP) is 4.30. The first-order valence-electron chi connectivity index (χ1n) is 7.45. The third-order valence-electron chi connectivity index (χ3n) is 3.58. The van der Waals surface area contributed by atoms with Crippen molar-refractivity contribution >= 4 is 46.5 Å².